The largest absolute Gasteiger partial charge is 0.497 e. The molecule has 0 radical (unpaired) electrons. The van der Waals surface area contributed by atoms with Crippen molar-refractivity contribution in [2.24, 2.45) is 11.3 Å². The van der Waals surface area contributed by atoms with Gasteiger partial charge in [-0.1, -0.05) is 50.2 Å². The number of carbonyl (C=O) groups excluding carboxylic acids is 1. The van der Waals surface area contributed by atoms with Gasteiger partial charge in [-0.25, -0.2) is 22.5 Å². The third-order valence-electron chi connectivity index (χ3n) is 17.7. The molecule has 3 aromatic heterocycles. The van der Waals surface area contributed by atoms with Crippen LogP contribution < -0.4 is 29.1 Å². The van der Waals surface area contributed by atoms with Crippen molar-refractivity contribution in [3.8, 4) is 23.1 Å². The van der Waals surface area contributed by atoms with Gasteiger partial charge in [-0.15, -0.1) is 0 Å². The second kappa shape index (κ2) is 21.6. The molecular formula is C59H70FN9O9S. The van der Waals surface area contributed by atoms with Crippen LogP contribution in [0.25, 0.3) is 11.0 Å². The molecular weight excluding hydrogens is 1030 g/mol. The summed E-state index contributed by atoms with van der Waals surface area (Å²) in [6, 6.07) is 26.3. The molecule has 2 aliphatic carbocycles. The zero-order valence-corrected chi connectivity index (χ0v) is 46.2. The molecule has 418 valence electrons. The molecule has 2 unspecified atom stereocenters. The summed E-state index contributed by atoms with van der Waals surface area (Å²) in [7, 11) is -1.67. The van der Waals surface area contributed by atoms with E-state index in [4.69, 9.17) is 14.2 Å². The second-order valence-corrected chi connectivity index (χ2v) is 24.8. The molecule has 6 aromatic rings. The smallest absolute Gasteiger partial charge is 0.312 e. The molecule has 1 spiro atoms. The maximum absolute atomic E-state index is 15.0. The number of aromatic nitrogens is 3. The number of hydrogen-bond acceptors (Lipinski definition) is 15. The van der Waals surface area contributed by atoms with Gasteiger partial charge in [0.1, 0.15) is 27.9 Å². The fourth-order valence-corrected chi connectivity index (χ4v) is 14.3. The lowest BCUT2D eigenvalue weighted by molar-refractivity contribution is -0.384. The number of H-pyrrole nitrogens is 1. The quantitative estimate of drug-likeness (QED) is 0.0493. The van der Waals surface area contributed by atoms with Crippen molar-refractivity contribution in [3.05, 3.63) is 129 Å². The molecule has 6 aliphatic rings. The van der Waals surface area contributed by atoms with Crippen molar-refractivity contribution >= 4 is 44.2 Å². The van der Waals surface area contributed by atoms with Gasteiger partial charge < -0.3 is 34.5 Å². The van der Waals surface area contributed by atoms with Crippen molar-refractivity contribution in [1.82, 2.24) is 29.5 Å². The van der Waals surface area contributed by atoms with E-state index in [0.717, 1.165) is 88.2 Å². The first-order valence-corrected chi connectivity index (χ1v) is 29.1. The molecule has 7 heterocycles. The molecule has 79 heavy (non-hydrogen) atoms. The number of nitro groups is 1. The monoisotopic (exact) mass is 1100 g/mol. The molecule has 3 aromatic carbocycles. The van der Waals surface area contributed by atoms with Crippen molar-refractivity contribution in [3.63, 3.8) is 0 Å². The first kappa shape index (κ1) is 54.1. The zero-order valence-electron chi connectivity index (χ0n) is 45.4. The SMILES string of the molecule is COc1ccc(CN2CC3CCC2[C@H](c2ccccc2C(C)C)N3C2CC3(CCN(c4ccc(C(=O)NS(=O)(=O)c5cnc(NCC6CCC(C)(O)CC6)c([N+](=O)[O-])c5)c(Oc5cc6c(F)c[nH]c6nc5OC)c4)CC3)C2)cc1. The van der Waals surface area contributed by atoms with E-state index in [1.807, 2.05) is 0 Å². The topological polar surface area (TPSA) is 218 Å². The Hall–Kier alpha value is -6.87. The number of nitrogens with one attached hydrogen (secondary N) is 3. The van der Waals surface area contributed by atoms with Gasteiger partial charge in [-0.3, -0.25) is 24.7 Å². The van der Waals surface area contributed by atoms with Crippen molar-refractivity contribution < 1.29 is 41.8 Å². The van der Waals surface area contributed by atoms with E-state index in [0.29, 0.717) is 56.3 Å². The standard InChI is InChI=1S/C59H70FN9O9S/c1-36(2)44-8-6-7-9-45(44)53-49-17-13-40(35-67(49)34-38-10-14-42(76-4)15-11-38)68(53)41-29-59(30-41)22-24-66(25-23-59)39-12-16-46(51(26-39)78-52-28-47-48(60)33-63-54(47)64-57(52)77-5)56(70)65-79(74,75)43-27-50(69(72)73)55(62-32-43)61-31-37-18-20-58(3,71)21-19-37/h6-12,14-16,26-28,32-33,36-37,40-41,49,53,71H,13,17-25,29-31,34-35H2,1-5H3,(H,61,62)(H,63,64)(H,65,70)/t37?,40?,49?,53-,58?/m0/s1. The number of rotatable bonds is 17. The molecule has 4 aliphatic heterocycles. The molecule has 4 N–H and O–H groups in total. The van der Waals surface area contributed by atoms with Crippen LogP contribution in [0.2, 0.25) is 0 Å². The fourth-order valence-electron chi connectivity index (χ4n) is 13.3. The maximum Gasteiger partial charge on any atom is 0.312 e. The van der Waals surface area contributed by atoms with E-state index < -0.39 is 42.9 Å². The normalized spacial score (nSPS) is 23.4. The number of sulfonamides is 1. The van der Waals surface area contributed by atoms with E-state index >= 15 is 0 Å². The summed E-state index contributed by atoms with van der Waals surface area (Å²) in [4.78, 5) is 44.3. The van der Waals surface area contributed by atoms with Crippen LogP contribution in [0.5, 0.6) is 23.1 Å². The molecule has 20 heteroatoms. The van der Waals surface area contributed by atoms with E-state index in [1.165, 1.54) is 42.4 Å². The van der Waals surface area contributed by atoms with Crippen LogP contribution in [0, 0.1) is 27.3 Å². The van der Waals surface area contributed by atoms with Gasteiger partial charge in [0, 0.05) is 80.9 Å². The number of aromatic amines is 1. The van der Waals surface area contributed by atoms with Crippen molar-refractivity contribution in [2.75, 3.05) is 50.6 Å². The number of piperazine rings is 1. The van der Waals surface area contributed by atoms with Gasteiger partial charge in [0.15, 0.2) is 5.75 Å². The number of carbonyl (C=O) groups is 1. The summed E-state index contributed by atoms with van der Waals surface area (Å²) >= 11 is 0. The van der Waals surface area contributed by atoms with Crippen LogP contribution in [-0.2, 0) is 16.6 Å². The average molecular weight is 1100 g/mol. The lowest BCUT2D eigenvalue weighted by Gasteiger charge is -2.64. The third kappa shape index (κ3) is 11.0. The summed E-state index contributed by atoms with van der Waals surface area (Å²) in [5.74, 6) is -0.476. The highest BCUT2D eigenvalue weighted by Gasteiger charge is 2.56. The van der Waals surface area contributed by atoms with Gasteiger partial charge in [-0.05, 0) is 129 Å². The van der Waals surface area contributed by atoms with Crippen LogP contribution in [0.1, 0.15) is 124 Å². The minimum Gasteiger partial charge on any atom is -0.497 e. The molecule has 3 atom stereocenters. The average Bonchev–Trinajstić information content (AvgIpc) is 3.93. The number of hydrogen-bond donors (Lipinski definition) is 4. The number of halogens is 1. The maximum atomic E-state index is 15.0. The number of methoxy groups -OCH3 is 2. The number of ether oxygens (including phenoxy) is 3. The number of piperidine rings is 3. The highest BCUT2D eigenvalue weighted by molar-refractivity contribution is 7.90. The Labute approximate surface area is 460 Å². The van der Waals surface area contributed by atoms with Gasteiger partial charge in [0.2, 0.25) is 5.82 Å². The van der Waals surface area contributed by atoms with Crippen LogP contribution in [0.3, 0.4) is 0 Å². The van der Waals surface area contributed by atoms with Crippen molar-refractivity contribution in [1.29, 1.82) is 0 Å². The predicted molar refractivity (Wildman–Crippen MR) is 298 cm³/mol. The van der Waals surface area contributed by atoms with Gasteiger partial charge in [-0.2, -0.15) is 4.98 Å². The summed E-state index contributed by atoms with van der Waals surface area (Å²) in [6.07, 6.45) is 11.2. The number of fused-ring (bicyclic) bond motifs is 4. The van der Waals surface area contributed by atoms with Gasteiger partial charge in [0.25, 0.3) is 21.8 Å². The van der Waals surface area contributed by atoms with Crippen LogP contribution in [0.4, 0.5) is 21.6 Å². The first-order chi connectivity index (χ1) is 37.9. The van der Waals surface area contributed by atoms with Crippen LogP contribution in [-0.4, -0.2) is 113 Å². The number of aliphatic hydroxyl groups is 1. The molecule has 6 fully saturated rings. The number of pyridine rings is 2. The van der Waals surface area contributed by atoms with E-state index in [-0.39, 0.29) is 57.2 Å². The Morgan fingerprint density at radius 3 is 2.41 bits per heavy atom. The second-order valence-electron chi connectivity index (χ2n) is 23.2. The minimum atomic E-state index is -4.75. The molecule has 4 saturated heterocycles. The summed E-state index contributed by atoms with van der Waals surface area (Å²) < 4.78 is 62.3. The molecule has 12 rings (SSSR count). The minimum absolute atomic E-state index is 0.0116. The Kier molecular flexibility index (Phi) is 14.8. The highest BCUT2D eigenvalue weighted by Crippen LogP contribution is 2.57. The van der Waals surface area contributed by atoms with E-state index in [1.54, 1.807) is 26.2 Å². The van der Waals surface area contributed by atoms with Gasteiger partial charge >= 0.3 is 5.69 Å². The Morgan fingerprint density at radius 1 is 0.949 bits per heavy atom. The summed E-state index contributed by atoms with van der Waals surface area (Å²) in [5.41, 5.74) is 3.76. The van der Waals surface area contributed by atoms with E-state index in [2.05, 4.69) is 102 Å². The molecule has 1 amide bonds. The number of anilines is 2. The number of amides is 1. The Balaban J connectivity index is 0.816. The lowest BCUT2D eigenvalue weighted by atomic mass is 9.58. The third-order valence-corrected chi connectivity index (χ3v) is 19.0. The van der Waals surface area contributed by atoms with Gasteiger partial charge in [0.05, 0.1) is 47.9 Å². The number of benzene rings is 3. The Bertz CT molecular complexity index is 3350. The van der Waals surface area contributed by atoms with Crippen molar-refractivity contribution in [2.45, 2.75) is 132 Å². The van der Waals surface area contributed by atoms with E-state index in [9.17, 15) is 32.8 Å². The van der Waals surface area contributed by atoms with Crippen LogP contribution in [0.15, 0.2) is 96.2 Å². The molecule has 2 saturated carbocycles. The first-order valence-electron chi connectivity index (χ1n) is 27.6. The highest BCUT2D eigenvalue weighted by atomic mass is 32.2. The summed E-state index contributed by atoms with van der Waals surface area (Å²) in [5, 5.41) is 25.7. The summed E-state index contributed by atoms with van der Waals surface area (Å²) in [6.45, 7) is 10.1. The predicted octanol–water partition coefficient (Wildman–Crippen LogP) is 10.2. The number of nitrogens with zero attached hydrogens (tertiary/aromatic N) is 6. The molecule has 18 nitrogen and oxygen atoms in total. The molecule has 2 bridgehead atoms. The zero-order chi connectivity index (χ0) is 55.4. The van der Waals surface area contributed by atoms with Crippen LogP contribution >= 0.6 is 0 Å². The lowest BCUT2D eigenvalue weighted by Crippen LogP contribution is -2.68. The fraction of sp³-hybridized carbons (Fsp3) is 0.475. The Morgan fingerprint density at radius 2 is 1.70 bits per heavy atom.